The van der Waals surface area contributed by atoms with Crippen LogP contribution in [0.4, 0.5) is 4.79 Å². The van der Waals surface area contributed by atoms with E-state index in [0.717, 1.165) is 32.1 Å². The van der Waals surface area contributed by atoms with Crippen molar-refractivity contribution in [3.8, 4) is 11.5 Å². The van der Waals surface area contributed by atoms with Crippen molar-refractivity contribution in [1.82, 2.24) is 15.5 Å². The number of nitrogens with two attached hydrogens (primary N) is 1. The number of nitrogens with zero attached hydrogens (tertiary/aromatic N) is 1. The van der Waals surface area contributed by atoms with E-state index in [2.05, 4.69) is 10.6 Å². The maximum absolute atomic E-state index is 13.9. The first kappa shape index (κ1) is 41.4. The summed E-state index contributed by atoms with van der Waals surface area (Å²) in [5, 5.41) is 61.1. The van der Waals surface area contributed by atoms with Gasteiger partial charge >= 0.3 is 6.03 Å². The summed E-state index contributed by atoms with van der Waals surface area (Å²) >= 11 is 0. The molecule has 3 fully saturated rings. The summed E-state index contributed by atoms with van der Waals surface area (Å²) in [6.07, 6.45) is -1.13. The zero-order valence-corrected chi connectivity index (χ0v) is 32.4. The van der Waals surface area contributed by atoms with Gasteiger partial charge in [0.05, 0.1) is 35.4 Å². The van der Waals surface area contributed by atoms with Gasteiger partial charge in [0.15, 0.2) is 23.6 Å². The lowest BCUT2D eigenvalue weighted by Crippen LogP contribution is -2.59. The summed E-state index contributed by atoms with van der Waals surface area (Å²) in [6, 6.07) is 0.991. The van der Waals surface area contributed by atoms with E-state index in [1.165, 1.54) is 17.9 Å². The van der Waals surface area contributed by atoms with Crippen molar-refractivity contribution in [1.29, 1.82) is 0 Å². The Bertz CT molecular complexity index is 2050. The van der Waals surface area contributed by atoms with E-state index in [1.807, 2.05) is 0 Å². The van der Waals surface area contributed by atoms with Gasteiger partial charge in [-0.2, -0.15) is 0 Å². The van der Waals surface area contributed by atoms with Gasteiger partial charge < -0.3 is 51.0 Å². The first-order chi connectivity index (χ1) is 27.6. The molecule has 9 N–H and O–H groups in total. The number of aliphatic hydroxyl groups is 3. The van der Waals surface area contributed by atoms with Crippen LogP contribution in [0.1, 0.15) is 119 Å². The molecule has 0 aromatic heterocycles. The Balaban J connectivity index is 1.12. The average Bonchev–Trinajstić information content (AvgIpc) is 3.70. The molecule has 2 heterocycles. The molecule has 0 radical (unpaired) electrons. The van der Waals surface area contributed by atoms with Crippen molar-refractivity contribution in [2.75, 3.05) is 13.2 Å². The van der Waals surface area contributed by atoms with E-state index in [1.54, 1.807) is 19.1 Å². The van der Waals surface area contributed by atoms with Gasteiger partial charge in [-0.15, -0.1) is 0 Å². The number of likely N-dealkylation sites (tertiary alicyclic amines) is 1. The number of benzene rings is 2. The number of aryl methyl sites for hydroxylation is 1. The monoisotopic (exact) mass is 806 g/mol. The largest absolute Gasteiger partial charge is 0.507 e. The number of aliphatic hydroxyl groups excluding tert-OH is 2. The predicted molar refractivity (Wildman–Crippen MR) is 202 cm³/mol. The minimum absolute atomic E-state index is 0.00222. The quantitative estimate of drug-likeness (QED) is 0.148. The highest BCUT2D eigenvalue weighted by atomic mass is 16.7. The molecule has 0 bridgehead atoms. The molecule has 58 heavy (non-hydrogen) atoms. The van der Waals surface area contributed by atoms with E-state index in [-0.39, 0.29) is 47.6 Å². The number of phenols is 2. The van der Waals surface area contributed by atoms with E-state index in [9.17, 15) is 54.3 Å². The van der Waals surface area contributed by atoms with Crippen LogP contribution in [0.3, 0.4) is 0 Å². The highest BCUT2D eigenvalue weighted by Crippen LogP contribution is 2.52. The highest BCUT2D eigenvalue weighted by Gasteiger charge is 2.50. The smallest absolute Gasteiger partial charge is 0.324 e. The molecule has 0 spiro atoms. The third-order valence-corrected chi connectivity index (χ3v) is 12.6. The number of hydrogen-bond acceptors (Lipinski definition) is 14. The van der Waals surface area contributed by atoms with Gasteiger partial charge in [-0.1, -0.05) is 37.5 Å². The number of phenolic OH excluding ortho intramolecular Hbond substituents is 2. The summed E-state index contributed by atoms with van der Waals surface area (Å²) in [7, 11) is 0. The molecule has 2 aromatic rings. The Labute approximate surface area is 333 Å². The predicted octanol–water partition coefficient (Wildman–Crippen LogP) is 1.07. The van der Waals surface area contributed by atoms with Crippen molar-refractivity contribution >= 4 is 35.2 Å². The molecule has 2 saturated heterocycles. The van der Waals surface area contributed by atoms with Gasteiger partial charge in [-0.25, -0.2) is 4.79 Å². The maximum Gasteiger partial charge on any atom is 0.324 e. The molecule has 8 atom stereocenters. The van der Waals surface area contributed by atoms with E-state index in [4.69, 9.17) is 15.2 Å². The number of amides is 4. The fourth-order valence-corrected chi connectivity index (χ4v) is 9.42. The van der Waals surface area contributed by atoms with Gasteiger partial charge in [0.1, 0.15) is 35.9 Å². The third-order valence-electron chi connectivity index (χ3n) is 12.6. The SMILES string of the molecule is Cc1cccc2c1C(=O)c1c(O)c3c(c(O)c1C2=O)C[C@@](O)(C(=O)CO)C[C@@H]3OC1CC(NC(=O)[C@@H]2CCCN2C(=O)NC(=O)[C@@H](N)C2CCCCC2)C(O)C(C)O1. The van der Waals surface area contributed by atoms with Crippen LogP contribution >= 0.6 is 0 Å². The number of carbonyl (C=O) groups is 6. The van der Waals surface area contributed by atoms with Crippen molar-refractivity contribution in [3.63, 3.8) is 0 Å². The van der Waals surface area contributed by atoms with Crippen LogP contribution < -0.4 is 16.4 Å². The number of rotatable bonds is 8. The van der Waals surface area contributed by atoms with Crippen molar-refractivity contribution < 1.29 is 63.8 Å². The number of urea groups is 1. The number of Topliss-reactive ketones (excluding diaryl/α,β-unsaturated/α-hetero) is 1. The minimum Gasteiger partial charge on any atom is -0.507 e. The number of carbonyl (C=O) groups excluding carboxylic acids is 6. The molecule has 17 nitrogen and oxygen atoms in total. The van der Waals surface area contributed by atoms with Crippen molar-refractivity contribution in [2.45, 2.75) is 126 Å². The van der Waals surface area contributed by atoms with Crippen LogP contribution in [0.2, 0.25) is 0 Å². The topological polar surface area (TPSA) is 275 Å². The molecule has 5 aliphatic rings. The fourth-order valence-electron chi connectivity index (χ4n) is 9.42. The van der Waals surface area contributed by atoms with E-state index >= 15 is 0 Å². The fraction of sp³-hybridized carbons (Fsp3) is 0.561. The first-order valence-corrected chi connectivity index (χ1v) is 19.9. The summed E-state index contributed by atoms with van der Waals surface area (Å²) in [6.45, 7) is 2.25. The Morgan fingerprint density at radius 2 is 1.72 bits per heavy atom. The zero-order chi connectivity index (χ0) is 41.8. The summed E-state index contributed by atoms with van der Waals surface area (Å²) in [5.74, 6) is -5.22. The number of aromatic hydroxyl groups is 2. The molecule has 2 aromatic carbocycles. The second-order valence-electron chi connectivity index (χ2n) is 16.3. The van der Waals surface area contributed by atoms with E-state index < -0.39 is 126 Å². The molecule has 7 rings (SSSR count). The second kappa shape index (κ2) is 16.1. The standard InChI is InChI=1S/C41H50N4O13/c1-18-8-6-11-21-28(18)36(51)31-30(34(21)49)35(50)22-15-41(56,26(47)17-46)16-25(29(22)37(31)52)58-27-14-23(33(48)19(2)57-27)43-38(53)24-12-7-13-45(24)40(55)44-39(54)32(42)20-9-4-3-5-10-20/h6,8,11,19-20,23-25,27,32-33,46,48,50,52,56H,3-5,7,9-10,12-17,42H2,1-2H3,(H,43,53)(H,44,54,55)/t19?,23?,24-,25-,27?,32-,33?,41-/m0/s1. The average molecular weight is 807 g/mol. The van der Waals surface area contributed by atoms with Crippen molar-refractivity contribution in [3.05, 3.63) is 57.1 Å². The van der Waals surface area contributed by atoms with Crippen LogP contribution in [0.5, 0.6) is 11.5 Å². The second-order valence-corrected chi connectivity index (χ2v) is 16.3. The van der Waals surface area contributed by atoms with Crippen LogP contribution in [0.25, 0.3) is 0 Å². The maximum atomic E-state index is 13.9. The van der Waals surface area contributed by atoms with Gasteiger partial charge in [0.2, 0.25) is 11.8 Å². The molecule has 2 aliphatic heterocycles. The van der Waals surface area contributed by atoms with Gasteiger partial charge in [0, 0.05) is 48.1 Å². The van der Waals surface area contributed by atoms with Crippen LogP contribution in [-0.2, 0) is 30.3 Å². The van der Waals surface area contributed by atoms with Gasteiger partial charge in [0.25, 0.3) is 0 Å². The summed E-state index contributed by atoms with van der Waals surface area (Å²) < 4.78 is 12.2. The Morgan fingerprint density at radius 1 is 1.02 bits per heavy atom. The molecular formula is C41H50N4O13. The number of fused-ring (bicyclic) bond motifs is 3. The molecule has 312 valence electrons. The van der Waals surface area contributed by atoms with Crippen LogP contribution in [0, 0.1) is 12.8 Å². The molecule has 17 heteroatoms. The Morgan fingerprint density at radius 3 is 2.43 bits per heavy atom. The summed E-state index contributed by atoms with van der Waals surface area (Å²) in [4.78, 5) is 81.8. The van der Waals surface area contributed by atoms with Gasteiger partial charge in [-0.05, 0) is 51.0 Å². The Hall–Kier alpha value is -4.78. The number of imide groups is 1. The molecule has 3 aliphatic carbocycles. The minimum atomic E-state index is -2.36. The number of ketones is 3. The lowest BCUT2D eigenvalue weighted by Gasteiger charge is -2.43. The number of ether oxygens (including phenoxy) is 2. The number of nitrogens with one attached hydrogen (secondary N) is 2. The Kier molecular flexibility index (Phi) is 11.5. The normalized spacial score (nSPS) is 28.9. The zero-order valence-electron chi connectivity index (χ0n) is 32.4. The molecule has 4 unspecified atom stereocenters. The highest BCUT2D eigenvalue weighted by molar-refractivity contribution is 6.31. The van der Waals surface area contributed by atoms with Crippen LogP contribution in [0.15, 0.2) is 18.2 Å². The van der Waals surface area contributed by atoms with Crippen molar-refractivity contribution in [2.24, 2.45) is 11.7 Å². The number of hydrogen-bond donors (Lipinski definition) is 8. The molecular weight excluding hydrogens is 756 g/mol. The molecule has 1 saturated carbocycles. The third kappa shape index (κ3) is 7.28. The summed E-state index contributed by atoms with van der Waals surface area (Å²) in [5.41, 5.74) is 2.93. The van der Waals surface area contributed by atoms with E-state index in [0.29, 0.717) is 12.0 Å². The van der Waals surface area contributed by atoms with Crippen LogP contribution in [-0.4, -0.2) is 121 Å². The molecule has 4 amide bonds. The van der Waals surface area contributed by atoms with Gasteiger partial charge in [-0.3, -0.25) is 29.3 Å². The lowest BCUT2D eigenvalue weighted by molar-refractivity contribution is -0.249. The first-order valence-electron chi connectivity index (χ1n) is 19.9. The lowest BCUT2D eigenvalue weighted by atomic mass is 9.71.